The molecule has 1 aliphatic heterocycles. The zero-order valence-electron chi connectivity index (χ0n) is 11.1. The summed E-state index contributed by atoms with van der Waals surface area (Å²) in [6.07, 6.45) is 13.6. The fraction of sp³-hybridized carbons (Fsp3) is 0.250. The second-order valence-electron chi connectivity index (χ2n) is 3.71. The number of hydrogen-bond donors (Lipinski definition) is 0. The maximum Gasteiger partial charge on any atom is 0.267 e. The van der Waals surface area contributed by atoms with Crippen LogP contribution >= 0.6 is 0 Å². The van der Waals surface area contributed by atoms with Crippen molar-refractivity contribution in [3.63, 3.8) is 0 Å². The predicted molar refractivity (Wildman–Crippen MR) is 75.7 cm³/mol. The molecule has 0 bridgehead atoms. The number of hydrogen-bond acceptors (Lipinski definition) is 2. The number of allylic oxidation sites excluding steroid dienone is 6. The molecule has 2 nitrogen and oxygen atoms in total. The van der Waals surface area contributed by atoms with E-state index in [1.165, 1.54) is 0 Å². The minimum absolute atomic E-state index is 0.402. The van der Waals surface area contributed by atoms with Gasteiger partial charge in [0, 0.05) is 5.57 Å². The monoisotopic (exact) mass is 244 g/mol. The molecule has 1 atom stereocenters. The summed E-state index contributed by atoms with van der Waals surface area (Å²) in [5.74, 6) is 1.39. The molecule has 0 amide bonds. The van der Waals surface area contributed by atoms with Crippen molar-refractivity contribution in [1.29, 1.82) is 0 Å². The number of rotatable bonds is 6. The van der Waals surface area contributed by atoms with Crippen LogP contribution in [0.15, 0.2) is 72.8 Å². The van der Waals surface area contributed by atoms with Crippen molar-refractivity contribution >= 4 is 0 Å². The van der Waals surface area contributed by atoms with Crippen LogP contribution in [-0.4, -0.2) is 6.29 Å². The lowest BCUT2D eigenvalue weighted by Crippen LogP contribution is -2.11. The Labute approximate surface area is 109 Å². The Morgan fingerprint density at radius 3 is 2.56 bits per heavy atom. The summed E-state index contributed by atoms with van der Waals surface area (Å²) in [6.45, 7) is 11.4. The molecule has 1 rings (SSSR count). The first-order chi connectivity index (χ1) is 8.76. The standard InChI is InChI=1S/C16H20O2/c1-5-9-12-13(10-6-2)16-17-14(8-4)15(18-16)11-7-3/h5,7-12,16H,1,4,6H2,2-3H3/b11-7-,12-9-,13-10+. The molecule has 0 aromatic heterocycles. The second kappa shape index (κ2) is 7.38. The topological polar surface area (TPSA) is 18.5 Å². The first kappa shape index (κ1) is 14.1. The van der Waals surface area contributed by atoms with Crippen molar-refractivity contribution in [2.45, 2.75) is 26.6 Å². The van der Waals surface area contributed by atoms with Gasteiger partial charge in [-0.05, 0) is 25.5 Å². The third-order valence-corrected chi connectivity index (χ3v) is 2.35. The summed E-state index contributed by atoms with van der Waals surface area (Å²) < 4.78 is 11.5. The molecule has 0 aliphatic carbocycles. The molecular weight excluding hydrogens is 224 g/mol. The van der Waals surface area contributed by atoms with E-state index < -0.39 is 6.29 Å². The van der Waals surface area contributed by atoms with E-state index in [4.69, 9.17) is 9.47 Å². The Hall–Kier alpha value is -1.96. The van der Waals surface area contributed by atoms with Gasteiger partial charge in [-0.3, -0.25) is 0 Å². The van der Waals surface area contributed by atoms with Gasteiger partial charge in [0.05, 0.1) is 0 Å². The highest BCUT2D eigenvalue weighted by Crippen LogP contribution is 2.28. The van der Waals surface area contributed by atoms with Gasteiger partial charge in [0.25, 0.3) is 6.29 Å². The lowest BCUT2D eigenvalue weighted by molar-refractivity contribution is -0.000517. The van der Waals surface area contributed by atoms with Gasteiger partial charge >= 0.3 is 0 Å². The Kier molecular flexibility index (Phi) is 5.78. The lowest BCUT2D eigenvalue weighted by Gasteiger charge is -2.12. The predicted octanol–water partition coefficient (Wildman–Crippen LogP) is 4.41. The number of ether oxygens (including phenoxy) is 2. The summed E-state index contributed by atoms with van der Waals surface area (Å²) >= 11 is 0. The van der Waals surface area contributed by atoms with E-state index in [0.29, 0.717) is 11.5 Å². The SMILES string of the molecule is C=C/C=C\C(=C/CC)C1OC(C=C)=C(/C=C\C)O1. The van der Waals surface area contributed by atoms with Gasteiger partial charge in [-0.15, -0.1) is 0 Å². The zero-order valence-corrected chi connectivity index (χ0v) is 11.1. The molecule has 96 valence electrons. The van der Waals surface area contributed by atoms with Crippen molar-refractivity contribution in [3.05, 3.63) is 72.8 Å². The summed E-state index contributed by atoms with van der Waals surface area (Å²) in [6, 6.07) is 0. The van der Waals surface area contributed by atoms with Gasteiger partial charge in [0.15, 0.2) is 11.5 Å². The van der Waals surface area contributed by atoms with Crippen LogP contribution < -0.4 is 0 Å². The third kappa shape index (κ3) is 3.52. The zero-order chi connectivity index (χ0) is 13.4. The van der Waals surface area contributed by atoms with Crippen LogP contribution in [0.5, 0.6) is 0 Å². The molecule has 0 aromatic rings. The minimum Gasteiger partial charge on any atom is -0.447 e. The van der Waals surface area contributed by atoms with Crippen molar-refractivity contribution in [3.8, 4) is 0 Å². The largest absolute Gasteiger partial charge is 0.447 e. The van der Waals surface area contributed by atoms with E-state index in [9.17, 15) is 0 Å². The molecule has 1 unspecified atom stereocenters. The highest BCUT2D eigenvalue weighted by molar-refractivity contribution is 5.32. The molecule has 18 heavy (non-hydrogen) atoms. The summed E-state index contributed by atoms with van der Waals surface area (Å²) in [4.78, 5) is 0. The highest BCUT2D eigenvalue weighted by Gasteiger charge is 2.25. The molecule has 0 N–H and O–H groups in total. The van der Waals surface area contributed by atoms with Crippen molar-refractivity contribution in [2.24, 2.45) is 0 Å². The molecular formula is C16H20O2. The van der Waals surface area contributed by atoms with Crippen LogP contribution in [0.4, 0.5) is 0 Å². The molecule has 2 heteroatoms. The molecule has 0 radical (unpaired) electrons. The lowest BCUT2D eigenvalue weighted by atomic mass is 10.2. The third-order valence-electron chi connectivity index (χ3n) is 2.35. The summed E-state index contributed by atoms with van der Waals surface area (Å²) in [7, 11) is 0. The van der Waals surface area contributed by atoms with Gasteiger partial charge in [-0.25, -0.2) is 0 Å². The summed E-state index contributed by atoms with van der Waals surface area (Å²) in [5.41, 5.74) is 0.983. The molecule has 0 aromatic carbocycles. The fourth-order valence-electron chi connectivity index (χ4n) is 1.59. The van der Waals surface area contributed by atoms with Crippen LogP contribution in [0.3, 0.4) is 0 Å². The van der Waals surface area contributed by atoms with Crippen LogP contribution in [-0.2, 0) is 9.47 Å². The Bertz CT molecular complexity index is 422. The van der Waals surface area contributed by atoms with Crippen LogP contribution in [0.2, 0.25) is 0 Å². The maximum atomic E-state index is 5.76. The molecule has 1 aliphatic rings. The van der Waals surface area contributed by atoms with E-state index in [1.807, 2.05) is 31.2 Å². The van der Waals surface area contributed by atoms with Crippen molar-refractivity contribution in [1.82, 2.24) is 0 Å². The van der Waals surface area contributed by atoms with E-state index in [1.54, 1.807) is 12.2 Å². The smallest absolute Gasteiger partial charge is 0.267 e. The molecule has 0 saturated carbocycles. The first-order valence-corrected chi connectivity index (χ1v) is 6.08. The van der Waals surface area contributed by atoms with Crippen LogP contribution in [0, 0.1) is 0 Å². The van der Waals surface area contributed by atoms with Crippen molar-refractivity contribution < 1.29 is 9.47 Å². The van der Waals surface area contributed by atoms with Crippen LogP contribution in [0.25, 0.3) is 0 Å². The Balaban J connectivity index is 2.88. The molecule has 0 spiro atoms. The highest BCUT2D eigenvalue weighted by atomic mass is 16.7. The minimum atomic E-state index is -0.402. The first-order valence-electron chi connectivity index (χ1n) is 6.08. The molecule has 1 heterocycles. The normalized spacial score (nSPS) is 20.3. The quantitative estimate of drug-likeness (QED) is 0.644. The fourth-order valence-corrected chi connectivity index (χ4v) is 1.59. The molecule has 0 saturated heterocycles. The Morgan fingerprint density at radius 2 is 2.00 bits per heavy atom. The van der Waals surface area contributed by atoms with Gasteiger partial charge in [-0.2, -0.15) is 0 Å². The van der Waals surface area contributed by atoms with E-state index >= 15 is 0 Å². The van der Waals surface area contributed by atoms with E-state index in [0.717, 1.165) is 12.0 Å². The van der Waals surface area contributed by atoms with E-state index in [2.05, 4.69) is 26.2 Å². The molecule has 0 fully saturated rings. The average Bonchev–Trinajstić information content (AvgIpc) is 2.78. The van der Waals surface area contributed by atoms with Gasteiger partial charge in [0.2, 0.25) is 0 Å². The second-order valence-corrected chi connectivity index (χ2v) is 3.71. The van der Waals surface area contributed by atoms with Gasteiger partial charge in [-0.1, -0.05) is 50.5 Å². The average molecular weight is 244 g/mol. The van der Waals surface area contributed by atoms with Gasteiger partial charge < -0.3 is 9.47 Å². The Morgan fingerprint density at radius 1 is 1.28 bits per heavy atom. The van der Waals surface area contributed by atoms with Gasteiger partial charge in [0.1, 0.15) is 0 Å². The maximum absolute atomic E-state index is 5.76. The van der Waals surface area contributed by atoms with Crippen molar-refractivity contribution in [2.75, 3.05) is 0 Å². The van der Waals surface area contributed by atoms with Crippen LogP contribution in [0.1, 0.15) is 20.3 Å². The summed E-state index contributed by atoms with van der Waals surface area (Å²) in [5, 5.41) is 0. The van der Waals surface area contributed by atoms with E-state index in [-0.39, 0.29) is 0 Å².